The van der Waals surface area contributed by atoms with Crippen molar-refractivity contribution in [3.05, 3.63) is 21.4 Å². The molecule has 1 atom stereocenters. The van der Waals surface area contributed by atoms with Crippen molar-refractivity contribution in [3.63, 3.8) is 0 Å². The van der Waals surface area contributed by atoms with Gasteiger partial charge in [-0.1, -0.05) is 13.3 Å². The first-order chi connectivity index (χ1) is 10.3. The van der Waals surface area contributed by atoms with E-state index in [0.717, 1.165) is 43.8 Å². The van der Waals surface area contributed by atoms with Crippen LogP contribution in [0.3, 0.4) is 0 Å². The topological polar surface area (TPSA) is 32.3 Å². The van der Waals surface area contributed by atoms with E-state index in [1.54, 1.807) is 11.3 Å². The summed E-state index contributed by atoms with van der Waals surface area (Å²) in [6.07, 6.45) is 8.36. The monoisotopic (exact) mass is 306 g/mol. The Morgan fingerprint density at radius 1 is 1.38 bits per heavy atom. The number of thiophene rings is 1. The fourth-order valence-corrected chi connectivity index (χ4v) is 4.72. The van der Waals surface area contributed by atoms with Gasteiger partial charge in [0.1, 0.15) is 0 Å². The predicted octanol–water partition coefficient (Wildman–Crippen LogP) is 3.23. The zero-order valence-corrected chi connectivity index (χ0v) is 13.8. The number of nitrogens with one attached hydrogen (secondary N) is 1. The third-order valence-electron chi connectivity index (χ3n) is 4.66. The Bertz CT molecular complexity index is 467. The van der Waals surface area contributed by atoms with Gasteiger partial charge in [-0.2, -0.15) is 0 Å². The summed E-state index contributed by atoms with van der Waals surface area (Å²) in [5.41, 5.74) is 1.45. The Labute approximate surface area is 131 Å². The van der Waals surface area contributed by atoms with Gasteiger partial charge in [0.05, 0.1) is 4.88 Å². The highest BCUT2D eigenvalue weighted by Gasteiger charge is 2.28. The predicted molar refractivity (Wildman–Crippen MR) is 88.2 cm³/mol. The molecule has 21 heavy (non-hydrogen) atoms. The minimum Gasteiger partial charge on any atom is -0.334 e. The third kappa shape index (κ3) is 3.32. The minimum absolute atomic E-state index is 0.267. The molecule has 0 bridgehead atoms. The van der Waals surface area contributed by atoms with Gasteiger partial charge in [0.15, 0.2) is 0 Å². The largest absolute Gasteiger partial charge is 0.334 e. The number of amides is 1. The van der Waals surface area contributed by atoms with E-state index >= 15 is 0 Å². The molecule has 1 fully saturated rings. The molecule has 3 rings (SSSR count). The maximum absolute atomic E-state index is 12.9. The Kier molecular flexibility index (Phi) is 4.96. The second kappa shape index (κ2) is 6.93. The third-order valence-corrected chi connectivity index (χ3v) is 5.88. The molecule has 1 aromatic rings. The number of carbonyl (C=O) groups excluding carboxylic acids is 1. The Hall–Kier alpha value is -0.870. The van der Waals surface area contributed by atoms with E-state index in [9.17, 15) is 4.79 Å². The Morgan fingerprint density at radius 2 is 2.24 bits per heavy atom. The van der Waals surface area contributed by atoms with Crippen LogP contribution in [-0.2, 0) is 12.8 Å². The van der Waals surface area contributed by atoms with E-state index in [0.29, 0.717) is 6.04 Å². The van der Waals surface area contributed by atoms with Crippen LogP contribution in [-0.4, -0.2) is 36.5 Å². The van der Waals surface area contributed by atoms with Crippen LogP contribution >= 0.6 is 11.3 Å². The van der Waals surface area contributed by atoms with E-state index in [1.165, 1.54) is 36.1 Å². The van der Waals surface area contributed by atoms with Gasteiger partial charge in [0.2, 0.25) is 0 Å². The van der Waals surface area contributed by atoms with Crippen molar-refractivity contribution >= 4 is 17.2 Å². The van der Waals surface area contributed by atoms with Crippen LogP contribution in [0.2, 0.25) is 0 Å². The lowest BCUT2D eigenvalue weighted by Gasteiger charge is -2.27. The molecule has 1 aliphatic carbocycles. The lowest BCUT2D eigenvalue weighted by molar-refractivity contribution is 0.0697. The highest BCUT2D eigenvalue weighted by molar-refractivity contribution is 7.14. The summed E-state index contributed by atoms with van der Waals surface area (Å²) in [4.78, 5) is 17.5. The van der Waals surface area contributed by atoms with Crippen molar-refractivity contribution in [1.82, 2.24) is 10.2 Å². The molecule has 1 unspecified atom stereocenters. The normalized spacial score (nSPS) is 21.9. The second-order valence-corrected chi connectivity index (χ2v) is 7.40. The Balaban J connectivity index is 1.78. The van der Waals surface area contributed by atoms with Crippen LogP contribution in [0.25, 0.3) is 0 Å². The van der Waals surface area contributed by atoms with Crippen molar-refractivity contribution < 1.29 is 4.79 Å². The second-order valence-electron chi connectivity index (χ2n) is 6.26. The molecule has 1 amide bonds. The number of aryl methyl sites for hydroxylation is 2. The number of hydrogen-bond donors (Lipinski definition) is 1. The van der Waals surface area contributed by atoms with Crippen molar-refractivity contribution in [2.75, 3.05) is 19.6 Å². The standard InChI is InChI=1S/C17H26N2OS/c1-2-10-19(14-8-9-18-12-14)17(20)16-11-13-6-4-3-5-7-15(13)21-16/h11,14,18H,2-10,12H2,1H3. The molecule has 0 radical (unpaired) electrons. The van der Waals surface area contributed by atoms with Gasteiger partial charge in [-0.05, 0) is 56.7 Å². The molecule has 1 saturated heterocycles. The number of fused-ring (bicyclic) bond motifs is 1. The molecule has 0 saturated carbocycles. The van der Waals surface area contributed by atoms with Crippen molar-refractivity contribution in [3.8, 4) is 0 Å². The fourth-order valence-electron chi connectivity index (χ4n) is 3.51. The molecule has 3 nitrogen and oxygen atoms in total. The maximum Gasteiger partial charge on any atom is 0.264 e. The summed E-state index contributed by atoms with van der Waals surface area (Å²) in [6, 6.07) is 2.58. The van der Waals surface area contributed by atoms with Gasteiger partial charge in [0, 0.05) is 24.0 Å². The first-order valence-electron chi connectivity index (χ1n) is 8.43. The average molecular weight is 306 g/mol. The highest BCUT2D eigenvalue weighted by Crippen LogP contribution is 2.30. The molecule has 116 valence electrons. The van der Waals surface area contributed by atoms with Gasteiger partial charge in [-0.15, -0.1) is 11.3 Å². The van der Waals surface area contributed by atoms with Gasteiger partial charge in [-0.25, -0.2) is 0 Å². The summed E-state index contributed by atoms with van der Waals surface area (Å²) >= 11 is 1.76. The van der Waals surface area contributed by atoms with Gasteiger partial charge < -0.3 is 10.2 Å². The Morgan fingerprint density at radius 3 is 3.00 bits per heavy atom. The van der Waals surface area contributed by atoms with Crippen molar-refractivity contribution in [2.24, 2.45) is 0 Å². The zero-order chi connectivity index (χ0) is 14.7. The van der Waals surface area contributed by atoms with Crippen LogP contribution in [0.1, 0.15) is 59.1 Å². The summed E-state index contributed by atoms with van der Waals surface area (Å²) < 4.78 is 0. The molecule has 1 aliphatic heterocycles. The molecular weight excluding hydrogens is 280 g/mol. The molecule has 1 aromatic heterocycles. The van der Waals surface area contributed by atoms with Crippen molar-refractivity contribution in [1.29, 1.82) is 0 Å². The highest BCUT2D eigenvalue weighted by atomic mass is 32.1. The maximum atomic E-state index is 12.9. The van der Waals surface area contributed by atoms with Crippen LogP contribution < -0.4 is 5.32 Å². The van der Waals surface area contributed by atoms with E-state index in [2.05, 4.69) is 23.2 Å². The van der Waals surface area contributed by atoms with E-state index in [1.807, 2.05) is 0 Å². The smallest absolute Gasteiger partial charge is 0.264 e. The SMILES string of the molecule is CCCN(C(=O)c1cc2c(s1)CCCCC2)C1CCNC1. The summed E-state index contributed by atoms with van der Waals surface area (Å²) in [5.74, 6) is 0.267. The number of rotatable bonds is 4. The zero-order valence-electron chi connectivity index (χ0n) is 13.0. The van der Waals surface area contributed by atoms with Crippen molar-refractivity contribution in [2.45, 2.75) is 57.9 Å². The molecule has 0 aromatic carbocycles. The lowest BCUT2D eigenvalue weighted by atomic mass is 10.1. The average Bonchev–Trinajstić information content (AvgIpc) is 3.10. The van der Waals surface area contributed by atoms with Crippen LogP contribution in [0.4, 0.5) is 0 Å². The molecule has 1 N–H and O–H groups in total. The van der Waals surface area contributed by atoms with Gasteiger partial charge in [-0.3, -0.25) is 4.79 Å². The first-order valence-corrected chi connectivity index (χ1v) is 9.24. The minimum atomic E-state index is 0.267. The first kappa shape index (κ1) is 15.0. The summed E-state index contributed by atoms with van der Waals surface area (Å²) in [7, 11) is 0. The fraction of sp³-hybridized carbons (Fsp3) is 0.706. The quantitative estimate of drug-likeness (QED) is 0.866. The molecule has 2 heterocycles. The summed E-state index contributed by atoms with van der Waals surface area (Å²) in [5, 5.41) is 3.38. The van der Waals surface area contributed by atoms with E-state index in [4.69, 9.17) is 0 Å². The van der Waals surface area contributed by atoms with Gasteiger partial charge in [0.25, 0.3) is 5.91 Å². The van der Waals surface area contributed by atoms with E-state index < -0.39 is 0 Å². The van der Waals surface area contributed by atoms with Crippen LogP contribution in [0.15, 0.2) is 6.07 Å². The molecule has 0 spiro atoms. The summed E-state index contributed by atoms with van der Waals surface area (Å²) in [6.45, 7) is 5.04. The van der Waals surface area contributed by atoms with Gasteiger partial charge >= 0.3 is 0 Å². The number of hydrogen-bond acceptors (Lipinski definition) is 3. The molecule has 2 aliphatic rings. The number of carbonyl (C=O) groups is 1. The molecule has 4 heteroatoms. The molecular formula is C17H26N2OS. The lowest BCUT2D eigenvalue weighted by Crippen LogP contribution is -2.41. The van der Waals surface area contributed by atoms with E-state index in [-0.39, 0.29) is 5.91 Å². The number of nitrogens with zero attached hydrogens (tertiary/aromatic N) is 1. The van der Waals surface area contributed by atoms with Crippen LogP contribution in [0, 0.1) is 0 Å². The van der Waals surface area contributed by atoms with Crippen LogP contribution in [0.5, 0.6) is 0 Å².